The first-order valence-corrected chi connectivity index (χ1v) is 9.51. The second kappa shape index (κ2) is 6.71. The van der Waals surface area contributed by atoms with Crippen molar-refractivity contribution >= 4 is 23.2 Å². The number of hydrogen-bond donors (Lipinski definition) is 1. The summed E-state index contributed by atoms with van der Waals surface area (Å²) >= 11 is 5.64. The standard InChI is InChI=1S/C19H25N3OS/c23-18(15-4-2-1-3-5-15)21-8-10-22(11-9-21)19(24)20-17-13-14-6-7-16(17)12-14/h1-5,14,16-17H,6-13H2,(H,20,24)/t14-,16+,17-/m0/s1. The third-order valence-electron chi connectivity index (χ3n) is 5.92. The molecule has 24 heavy (non-hydrogen) atoms. The van der Waals surface area contributed by atoms with Crippen molar-refractivity contribution in [2.75, 3.05) is 26.2 Å². The van der Waals surface area contributed by atoms with Gasteiger partial charge >= 0.3 is 0 Å². The van der Waals surface area contributed by atoms with Crippen molar-refractivity contribution < 1.29 is 4.79 Å². The first-order valence-electron chi connectivity index (χ1n) is 9.10. The number of thiocarbonyl (C=S) groups is 1. The minimum atomic E-state index is 0.127. The normalized spacial score (nSPS) is 28.9. The van der Waals surface area contributed by atoms with Gasteiger partial charge in [-0.3, -0.25) is 4.79 Å². The summed E-state index contributed by atoms with van der Waals surface area (Å²) in [5, 5.41) is 4.50. The lowest BCUT2D eigenvalue weighted by Crippen LogP contribution is -2.55. The third-order valence-corrected chi connectivity index (χ3v) is 6.30. The van der Waals surface area contributed by atoms with Gasteiger partial charge in [-0.1, -0.05) is 24.6 Å². The molecule has 4 rings (SSSR count). The van der Waals surface area contributed by atoms with Crippen LogP contribution in [-0.4, -0.2) is 53.0 Å². The average Bonchev–Trinajstić information content (AvgIpc) is 3.25. The molecule has 3 fully saturated rings. The van der Waals surface area contributed by atoms with Gasteiger partial charge in [-0.25, -0.2) is 0 Å². The molecule has 3 aliphatic rings. The Morgan fingerprint density at radius 1 is 1.00 bits per heavy atom. The zero-order chi connectivity index (χ0) is 16.5. The fourth-order valence-corrected chi connectivity index (χ4v) is 4.88. The fourth-order valence-electron chi connectivity index (χ4n) is 4.55. The summed E-state index contributed by atoms with van der Waals surface area (Å²) in [4.78, 5) is 16.7. The van der Waals surface area contributed by atoms with Gasteiger partial charge in [0, 0.05) is 37.8 Å². The van der Waals surface area contributed by atoms with Crippen LogP contribution >= 0.6 is 12.2 Å². The molecule has 0 radical (unpaired) electrons. The Kier molecular flexibility index (Phi) is 4.44. The minimum absolute atomic E-state index is 0.127. The molecule has 1 amide bonds. The average molecular weight is 343 g/mol. The number of rotatable bonds is 2. The Labute approximate surface area is 149 Å². The molecule has 4 nitrogen and oxygen atoms in total. The predicted octanol–water partition coefficient (Wildman–Crippen LogP) is 2.51. The van der Waals surface area contributed by atoms with E-state index in [0.29, 0.717) is 6.04 Å². The Balaban J connectivity index is 1.28. The lowest BCUT2D eigenvalue weighted by Gasteiger charge is -2.37. The highest BCUT2D eigenvalue weighted by Crippen LogP contribution is 2.44. The number of piperazine rings is 1. The van der Waals surface area contributed by atoms with E-state index >= 15 is 0 Å². The Hall–Kier alpha value is -1.62. The highest BCUT2D eigenvalue weighted by molar-refractivity contribution is 7.80. The van der Waals surface area contributed by atoms with Crippen LogP contribution in [-0.2, 0) is 0 Å². The number of amides is 1. The Morgan fingerprint density at radius 3 is 2.33 bits per heavy atom. The molecule has 1 aliphatic heterocycles. The van der Waals surface area contributed by atoms with Gasteiger partial charge in [-0.05, 0) is 55.4 Å². The van der Waals surface area contributed by atoms with E-state index in [1.54, 1.807) is 0 Å². The molecule has 2 bridgehead atoms. The molecule has 128 valence electrons. The van der Waals surface area contributed by atoms with Crippen LogP contribution in [0.25, 0.3) is 0 Å². The molecule has 3 atom stereocenters. The molecule has 1 N–H and O–H groups in total. The zero-order valence-corrected chi connectivity index (χ0v) is 14.8. The molecule has 2 saturated carbocycles. The molecule has 1 aromatic carbocycles. The second-order valence-corrected chi connectivity index (χ2v) is 7.76. The van der Waals surface area contributed by atoms with Gasteiger partial charge in [0.2, 0.25) is 0 Å². The molecular formula is C19H25N3OS. The summed E-state index contributed by atoms with van der Waals surface area (Å²) in [5.41, 5.74) is 0.772. The van der Waals surface area contributed by atoms with Gasteiger partial charge in [0.1, 0.15) is 0 Å². The van der Waals surface area contributed by atoms with E-state index in [1.165, 1.54) is 25.7 Å². The highest BCUT2D eigenvalue weighted by Gasteiger charge is 2.40. The molecule has 1 saturated heterocycles. The van der Waals surface area contributed by atoms with Crippen molar-refractivity contribution in [1.82, 2.24) is 15.1 Å². The van der Waals surface area contributed by atoms with E-state index in [0.717, 1.165) is 48.7 Å². The summed E-state index contributed by atoms with van der Waals surface area (Å²) in [7, 11) is 0. The van der Waals surface area contributed by atoms with Gasteiger partial charge in [-0.2, -0.15) is 0 Å². The van der Waals surface area contributed by atoms with Crippen LogP contribution in [0.5, 0.6) is 0 Å². The number of nitrogens with zero attached hydrogens (tertiary/aromatic N) is 2. The van der Waals surface area contributed by atoms with E-state index < -0.39 is 0 Å². The van der Waals surface area contributed by atoms with Gasteiger partial charge in [-0.15, -0.1) is 0 Å². The number of benzene rings is 1. The lowest BCUT2D eigenvalue weighted by atomic mass is 9.95. The van der Waals surface area contributed by atoms with Crippen LogP contribution in [0, 0.1) is 11.8 Å². The van der Waals surface area contributed by atoms with E-state index in [4.69, 9.17) is 12.2 Å². The van der Waals surface area contributed by atoms with Crippen LogP contribution in [0.1, 0.15) is 36.0 Å². The molecular weight excluding hydrogens is 318 g/mol. The summed E-state index contributed by atoms with van der Waals surface area (Å²) in [5.74, 6) is 1.88. The third kappa shape index (κ3) is 3.14. The van der Waals surface area contributed by atoms with E-state index in [-0.39, 0.29) is 5.91 Å². The van der Waals surface area contributed by atoms with Gasteiger partial charge in [0.05, 0.1) is 0 Å². The molecule has 2 aliphatic carbocycles. The summed E-state index contributed by atoms with van der Waals surface area (Å²) < 4.78 is 0. The van der Waals surface area contributed by atoms with Crippen molar-refractivity contribution in [1.29, 1.82) is 0 Å². The molecule has 1 aromatic rings. The number of hydrogen-bond acceptors (Lipinski definition) is 2. The Morgan fingerprint density at radius 2 is 1.71 bits per heavy atom. The molecule has 5 heteroatoms. The van der Waals surface area contributed by atoms with Gasteiger partial charge < -0.3 is 15.1 Å². The SMILES string of the molecule is O=C(c1ccccc1)N1CCN(C(=S)N[C@H]2C[C@H]3CC[C@@H]2C3)CC1. The van der Waals surface area contributed by atoms with Crippen molar-refractivity contribution in [2.45, 2.75) is 31.7 Å². The number of nitrogens with one attached hydrogen (secondary N) is 1. The highest BCUT2D eigenvalue weighted by atomic mass is 32.1. The van der Waals surface area contributed by atoms with Crippen LogP contribution < -0.4 is 5.32 Å². The van der Waals surface area contributed by atoms with E-state index in [1.807, 2.05) is 35.2 Å². The van der Waals surface area contributed by atoms with Crippen molar-refractivity contribution in [2.24, 2.45) is 11.8 Å². The number of fused-ring (bicyclic) bond motifs is 2. The van der Waals surface area contributed by atoms with Gasteiger partial charge in [0.15, 0.2) is 5.11 Å². The van der Waals surface area contributed by atoms with Crippen LogP contribution in [0.15, 0.2) is 30.3 Å². The van der Waals surface area contributed by atoms with Crippen LogP contribution in [0.2, 0.25) is 0 Å². The Bertz CT molecular complexity index is 612. The van der Waals surface area contributed by atoms with Crippen LogP contribution in [0.3, 0.4) is 0 Å². The molecule has 0 aromatic heterocycles. The molecule has 0 unspecified atom stereocenters. The summed E-state index contributed by atoms with van der Waals surface area (Å²) in [6, 6.07) is 10.1. The monoisotopic (exact) mass is 343 g/mol. The van der Waals surface area contributed by atoms with Crippen molar-refractivity contribution in [3.63, 3.8) is 0 Å². The minimum Gasteiger partial charge on any atom is -0.360 e. The summed E-state index contributed by atoms with van der Waals surface area (Å²) in [6.45, 7) is 3.13. The lowest BCUT2D eigenvalue weighted by molar-refractivity contribution is 0.0690. The maximum absolute atomic E-state index is 12.5. The first-order chi connectivity index (χ1) is 11.7. The van der Waals surface area contributed by atoms with E-state index in [2.05, 4.69) is 10.2 Å². The van der Waals surface area contributed by atoms with Crippen LogP contribution in [0.4, 0.5) is 0 Å². The quantitative estimate of drug-likeness (QED) is 0.837. The predicted molar refractivity (Wildman–Crippen MR) is 98.9 cm³/mol. The molecule has 1 heterocycles. The van der Waals surface area contributed by atoms with Crippen molar-refractivity contribution in [3.05, 3.63) is 35.9 Å². The maximum atomic E-state index is 12.5. The van der Waals surface area contributed by atoms with E-state index in [9.17, 15) is 4.79 Å². The largest absolute Gasteiger partial charge is 0.360 e. The number of carbonyl (C=O) groups is 1. The zero-order valence-electron chi connectivity index (χ0n) is 14.0. The molecule has 0 spiro atoms. The second-order valence-electron chi connectivity index (χ2n) is 7.38. The van der Waals surface area contributed by atoms with Crippen molar-refractivity contribution in [3.8, 4) is 0 Å². The maximum Gasteiger partial charge on any atom is 0.253 e. The number of carbonyl (C=O) groups excluding carboxylic acids is 1. The smallest absolute Gasteiger partial charge is 0.253 e. The summed E-state index contributed by atoms with van der Waals surface area (Å²) in [6.07, 6.45) is 5.46. The van der Waals surface area contributed by atoms with Gasteiger partial charge in [0.25, 0.3) is 5.91 Å². The first kappa shape index (κ1) is 15.9. The fraction of sp³-hybridized carbons (Fsp3) is 0.579. The topological polar surface area (TPSA) is 35.6 Å².